The second-order valence-electron chi connectivity index (χ2n) is 14.9. The highest BCUT2D eigenvalue weighted by Gasteiger charge is 2.49. The summed E-state index contributed by atoms with van der Waals surface area (Å²) in [6.07, 6.45) is 8.22. The first-order valence-corrected chi connectivity index (χ1v) is 16.0. The van der Waals surface area contributed by atoms with Crippen LogP contribution in [0, 0.1) is 11.8 Å². The van der Waals surface area contributed by atoms with Gasteiger partial charge in [-0.2, -0.15) is 25.1 Å². The second kappa shape index (κ2) is 13.2. The molecule has 2 unspecified atom stereocenters. The van der Waals surface area contributed by atoms with Crippen molar-refractivity contribution in [2.45, 2.75) is 155 Å². The summed E-state index contributed by atoms with van der Waals surface area (Å²) in [5, 5.41) is 11.9. The predicted molar refractivity (Wildman–Crippen MR) is 169 cm³/mol. The van der Waals surface area contributed by atoms with Crippen LogP contribution < -0.4 is 10.6 Å². The van der Waals surface area contributed by atoms with Gasteiger partial charge in [-0.3, -0.25) is 0 Å². The van der Waals surface area contributed by atoms with Crippen LogP contribution in [0.25, 0.3) is 0 Å². The summed E-state index contributed by atoms with van der Waals surface area (Å²) < 4.78 is 0. The van der Waals surface area contributed by atoms with Gasteiger partial charge in [-0.1, -0.05) is 26.7 Å². The summed E-state index contributed by atoms with van der Waals surface area (Å²) in [4.78, 5) is 25.6. The van der Waals surface area contributed by atoms with Gasteiger partial charge in [0.1, 0.15) is 0 Å². The van der Waals surface area contributed by atoms with E-state index in [1.165, 1.54) is 0 Å². The van der Waals surface area contributed by atoms with Crippen LogP contribution in [0.2, 0.25) is 5.28 Å². The smallest absolute Gasteiger partial charge is 0.229 e. The third-order valence-corrected chi connectivity index (χ3v) is 9.35. The Kier molecular flexibility index (Phi) is 11.0. The molecule has 10 heteroatoms. The van der Waals surface area contributed by atoms with E-state index in [1.807, 2.05) is 0 Å². The Morgan fingerprint density at radius 1 is 0.683 bits per heavy atom. The van der Waals surface area contributed by atoms with Crippen molar-refractivity contribution < 1.29 is 9.68 Å². The van der Waals surface area contributed by atoms with Gasteiger partial charge in [0.2, 0.25) is 17.2 Å². The van der Waals surface area contributed by atoms with E-state index in [0.29, 0.717) is 23.7 Å². The van der Waals surface area contributed by atoms with E-state index in [2.05, 4.69) is 100.0 Å². The average molecular weight is 596 g/mol. The van der Waals surface area contributed by atoms with E-state index in [1.54, 1.807) is 14.2 Å². The lowest BCUT2D eigenvalue weighted by atomic mass is 9.71. The number of rotatable bonds is 12. The maximum absolute atomic E-state index is 6.51. The number of aromatic nitrogens is 3. The lowest BCUT2D eigenvalue weighted by Crippen LogP contribution is -2.61. The molecule has 0 saturated carbocycles. The number of hydroxylamine groups is 4. The van der Waals surface area contributed by atoms with Gasteiger partial charge in [0.25, 0.3) is 0 Å². The van der Waals surface area contributed by atoms with Crippen LogP contribution in [0.15, 0.2) is 0 Å². The van der Waals surface area contributed by atoms with Crippen molar-refractivity contribution in [2.75, 3.05) is 24.9 Å². The Morgan fingerprint density at radius 2 is 1.00 bits per heavy atom. The highest BCUT2D eigenvalue weighted by Crippen LogP contribution is 2.45. The lowest BCUT2D eigenvalue weighted by molar-refractivity contribution is -0.272. The Balaban J connectivity index is 1.84. The minimum Gasteiger partial charge on any atom is -0.351 e. The molecule has 2 saturated heterocycles. The molecule has 0 amide bonds. The monoisotopic (exact) mass is 595 g/mol. The quantitative estimate of drug-likeness (QED) is 0.257. The molecule has 3 rings (SSSR count). The second-order valence-corrected chi connectivity index (χ2v) is 15.2. The van der Waals surface area contributed by atoms with Crippen molar-refractivity contribution in [3.63, 3.8) is 0 Å². The number of anilines is 2. The predicted octanol–water partition coefficient (Wildman–Crippen LogP) is 7.35. The molecule has 0 aromatic carbocycles. The van der Waals surface area contributed by atoms with E-state index in [4.69, 9.17) is 26.3 Å². The SMILES string of the molecule is CCCC(Nc1nc(Cl)nc(NC(CCC)C2CC(C)(C)N(OC)C(C)(C)C2)n1)C1CC(C)(C)N(OC)C(C)(C)C1. The number of nitrogens with one attached hydrogen (secondary N) is 2. The zero-order valence-corrected chi connectivity index (χ0v) is 28.7. The molecule has 1 aromatic rings. The van der Waals surface area contributed by atoms with Gasteiger partial charge in [0, 0.05) is 34.2 Å². The molecule has 236 valence electrons. The third kappa shape index (κ3) is 8.02. The zero-order chi connectivity index (χ0) is 30.8. The van der Waals surface area contributed by atoms with Crippen LogP contribution >= 0.6 is 11.6 Å². The van der Waals surface area contributed by atoms with E-state index in [-0.39, 0.29) is 39.5 Å². The van der Waals surface area contributed by atoms with Crippen LogP contribution in [0.3, 0.4) is 0 Å². The van der Waals surface area contributed by atoms with Crippen molar-refractivity contribution in [3.05, 3.63) is 5.28 Å². The summed E-state index contributed by atoms with van der Waals surface area (Å²) in [5.74, 6) is 1.95. The van der Waals surface area contributed by atoms with Crippen LogP contribution in [0.1, 0.15) is 121 Å². The molecule has 2 aliphatic heterocycles. The zero-order valence-electron chi connectivity index (χ0n) is 27.9. The fourth-order valence-electron chi connectivity index (χ4n) is 8.52. The van der Waals surface area contributed by atoms with Gasteiger partial charge in [0.15, 0.2) is 0 Å². The molecule has 1 aromatic heterocycles. The van der Waals surface area contributed by atoms with Crippen LogP contribution in [0.4, 0.5) is 11.9 Å². The summed E-state index contributed by atoms with van der Waals surface area (Å²) in [5.41, 5.74) is -0.367. The molecular formula is C31H58ClN7O2. The molecule has 0 radical (unpaired) electrons. The van der Waals surface area contributed by atoms with E-state index in [9.17, 15) is 0 Å². The Morgan fingerprint density at radius 3 is 1.27 bits per heavy atom. The van der Waals surface area contributed by atoms with Crippen LogP contribution in [-0.4, -0.2) is 73.5 Å². The molecular weight excluding hydrogens is 538 g/mol. The molecule has 41 heavy (non-hydrogen) atoms. The van der Waals surface area contributed by atoms with Gasteiger partial charge < -0.3 is 20.3 Å². The minimum atomic E-state index is -0.0916. The number of nitrogens with zero attached hydrogens (tertiary/aromatic N) is 5. The maximum atomic E-state index is 6.51. The van der Waals surface area contributed by atoms with E-state index >= 15 is 0 Å². The number of halogens is 1. The standard InChI is InChI=1S/C31H58ClN7O2/c1-13-15-23(21-17-28(3,4)38(40-11)29(5,6)18-21)33-26-35-25(32)36-27(37-26)34-24(16-14-2)22-19-30(7,8)39(41-12)31(9,10)20-22/h21-24H,13-20H2,1-12H3,(H2,33,34,35,36,37). The number of piperidine rings is 2. The molecule has 2 atom stereocenters. The Bertz CT molecular complexity index is 892. The number of hydrogen-bond donors (Lipinski definition) is 2. The normalized spacial score (nSPS) is 24.6. The Hall–Kier alpha value is -1.26. The van der Waals surface area contributed by atoms with Crippen molar-refractivity contribution in [1.29, 1.82) is 0 Å². The molecule has 0 bridgehead atoms. The number of hydrogen-bond acceptors (Lipinski definition) is 9. The highest BCUT2D eigenvalue weighted by atomic mass is 35.5. The van der Waals surface area contributed by atoms with Crippen molar-refractivity contribution in [1.82, 2.24) is 25.1 Å². The fraction of sp³-hybridized carbons (Fsp3) is 0.903. The summed E-state index contributed by atoms with van der Waals surface area (Å²) in [7, 11) is 3.56. The molecule has 0 spiro atoms. The average Bonchev–Trinajstić information content (AvgIpc) is 2.80. The topological polar surface area (TPSA) is 87.7 Å². The largest absolute Gasteiger partial charge is 0.351 e. The first-order valence-electron chi connectivity index (χ1n) is 15.6. The van der Waals surface area contributed by atoms with Crippen molar-refractivity contribution in [3.8, 4) is 0 Å². The highest BCUT2D eigenvalue weighted by molar-refractivity contribution is 6.28. The van der Waals surface area contributed by atoms with Gasteiger partial charge in [-0.15, -0.1) is 0 Å². The molecule has 0 aliphatic carbocycles. The molecule has 3 heterocycles. The molecule has 2 aliphatic rings. The molecule has 2 N–H and O–H groups in total. The van der Waals surface area contributed by atoms with Gasteiger partial charge >= 0.3 is 0 Å². The summed E-state index contributed by atoms with van der Waals surface area (Å²) >= 11 is 6.51. The Labute approximate surface area is 254 Å². The fourth-order valence-corrected chi connectivity index (χ4v) is 8.68. The maximum Gasteiger partial charge on any atom is 0.229 e. The third-order valence-electron chi connectivity index (χ3n) is 9.19. The van der Waals surface area contributed by atoms with Crippen LogP contribution in [0.5, 0.6) is 0 Å². The van der Waals surface area contributed by atoms with Crippen LogP contribution in [-0.2, 0) is 9.68 Å². The molecule has 2 fully saturated rings. The first kappa shape index (κ1) is 34.2. The lowest BCUT2D eigenvalue weighted by Gasteiger charge is -2.54. The van der Waals surface area contributed by atoms with Gasteiger partial charge in [-0.25, -0.2) is 0 Å². The first-order chi connectivity index (χ1) is 19.0. The van der Waals surface area contributed by atoms with E-state index < -0.39 is 0 Å². The van der Waals surface area contributed by atoms with Gasteiger partial charge in [-0.05, 0) is 117 Å². The van der Waals surface area contributed by atoms with E-state index in [0.717, 1.165) is 51.4 Å². The van der Waals surface area contributed by atoms with Crippen molar-refractivity contribution in [2.24, 2.45) is 11.8 Å². The van der Waals surface area contributed by atoms with Crippen molar-refractivity contribution >= 4 is 23.5 Å². The summed E-state index contributed by atoms with van der Waals surface area (Å²) in [6.45, 7) is 22.6. The summed E-state index contributed by atoms with van der Waals surface area (Å²) in [6, 6.07) is 0.436. The minimum absolute atomic E-state index is 0.0916. The molecule has 9 nitrogen and oxygen atoms in total. The van der Waals surface area contributed by atoms with Gasteiger partial charge in [0.05, 0.1) is 14.2 Å².